The van der Waals surface area contributed by atoms with Crippen LogP contribution < -0.4 is 5.69 Å². The van der Waals surface area contributed by atoms with E-state index in [1.54, 1.807) is 0 Å². The van der Waals surface area contributed by atoms with Crippen molar-refractivity contribution in [3.05, 3.63) is 28.4 Å². The van der Waals surface area contributed by atoms with Crippen molar-refractivity contribution >= 4 is 11.0 Å². The number of fused-ring (bicyclic) bond motifs is 1. The van der Waals surface area contributed by atoms with Gasteiger partial charge in [0.1, 0.15) is 0 Å². The maximum Gasteiger partial charge on any atom is 0.437 e. The second-order valence-corrected chi connectivity index (χ2v) is 3.85. The average molecular weight is 303 g/mol. The lowest BCUT2D eigenvalue weighted by Crippen LogP contribution is -2.50. The Kier molecular flexibility index (Phi) is 2.84. The van der Waals surface area contributed by atoms with E-state index in [0.29, 0.717) is 6.20 Å². The number of aromatic amines is 2. The number of hydrogen-bond acceptors (Lipinski definition) is 2. The van der Waals surface area contributed by atoms with E-state index in [2.05, 4.69) is 9.97 Å². The first kappa shape index (κ1) is 14.3. The molecule has 2 heterocycles. The molecule has 11 heteroatoms. The van der Waals surface area contributed by atoms with Crippen molar-refractivity contribution in [3.63, 3.8) is 0 Å². The quantitative estimate of drug-likeness (QED) is 0.795. The smallest absolute Gasteiger partial charge is 0.306 e. The zero-order chi connectivity index (χ0) is 15.3. The fraction of sp³-hybridized carbons (Fsp3) is 0.333. The van der Waals surface area contributed by atoms with E-state index in [4.69, 9.17) is 0 Å². The predicted molar refractivity (Wildman–Crippen MR) is 51.6 cm³/mol. The molecular formula is C9H4F7N3O. The number of rotatable bonds is 1. The monoisotopic (exact) mass is 303 g/mol. The molecule has 20 heavy (non-hydrogen) atoms. The summed E-state index contributed by atoms with van der Waals surface area (Å²) in [6, 6.07) is 0.189. The molecule has 0 unspecified atom stereocenters. The highest BCUT2D eigenvalue weighted by molar-refractivity contribution is 5.73. The molecule has 0 aliphatic heterocycles. The van der Waals surface area contributed by atoms with Crippen LogP contribution in [0.4, 0.5) is 30.7 Å². The number of pyridine rings is 1. The third kappa shape index (κ3) is 1.93. The second kappa shape index (κ2) is 3.96. The topological polar surface area (TPSA) is 61.5 Å². The molecule has 0 radical (unpaired) electrons. The Labute approximate surface area is 104 Å². The number of halogens is 7. The van der Waals surface area contributed by atoms with Crippen molar-refractivity contribution in [3.8, 4) is 0 Å². The summed E-state index contributed by atoms with van der Waals surface area (Å²) < 4.78 is 88.5. The fourth-order valence-electron chi connectivity index (χ4n) is 1.57. The van der Waals surface area contributed by atoms with Gasteiger partial charge in [0.15, 0.2) is 0 Å². The van der Waals surface area contributed by atoms with E-state index >= 15 is 0 Å². The Morgan fingerprint density at radius 3 is 1.90 bits per heavy atom. The Balaban J connectivity index is 2.72. The third-order valence-electron chi connectivity index (χ3n) is 2.53. The molecule has 0 amide bonds. The van der Waals surface area contributed by atoms with E-state index in [1.165, 1.54) is 0 Å². The molecule has 4 nitrogen and oxygen atoms in total. The van der Waals surface area contributed by atoms with Crippen LogP contribution in [-0.2, 0) is 5.67 Å². The Hall–Kier alpha value is -2.07. The summed E-state index contributed by atoms with van der Waals surface area (Å²) >= 11 is 0. The van der Waals surface area contributed by atoms with Crippen molar-refractivity contribution < 1.29 is 30.7 Å². The minimum absolute atomic E-state index is 0.148. The van der Waals surface area contributed by atoms with Crippen molar-refractivity contribution in [2.75, 3.05) is 0 Å². The third-order valence-corrected chi connectivity index (χ3v) is 2.53. The van der Waals surface area contributed by atoms with Gasteiger partial charge in [-0.25, -0.2) is 9.18 Å². The first-order valence-corrected chi connectivity index (χ1v) is 4.87. The molecule has 0 saturated carbocycles. The van der Waals surface area contributed by atoms with Crippen LogP contribution in [0.25, 0.3) is 11.0 Å². The average Bonchev–Trinajstić information content (AvgIpc) is 2.63. The number of imidazole rings is 1. The summed E-state index contributed by atoms with van der Waals surface area (Å²) in [6.07, 6.45) is -12.0. The van der Waals surface area contributed by atoms with Gasteiger partial charge in [0.25, 0.3) is 0 Å². The van der Waals surface area contributed by atoms with Crippen LogP contribution in [0.2, 0.25) is 0 Å². The minimum Gasteiger partial charge on any atom is -0.306 e. The molecule has 2 aromatic heterocycles. The SMILES string of the molecule is O=c1[nH]c2cnc(C(F)(C(F)(F)F)C(F)(F)F)cc2[nH]1. The van der Waals surface area contributed by atoms with Crippen molar-refractivity contribution in [2.45, 2.75) is 18.0 Å². The molecule has 2 aromatic rings. The highest BCUT2D eigenvalue weighted by Crippen LogP contribution is 2.52. The maximum absolute atomic E-state index is 13.7. The molecule has 110 valence electrons. The van der Waals surface area contributed by atoms with Crippen LogP contribution in [0.3, 0.4) is 0 Å². The molecule has 2 N–H and O–H groups in total. The molecule has 0 bridgehead atoms. The van der Waals surface area contributed by atoms with Gasteiger partial charge in [-0.3, -0.25) is 4.98 Å². The summed E-state index contributed by atoms with van der Waals surface area (Å²) in [5.41, 5.74) is -8.97. The molecule has 0 spiro atoms. The summed E-state index contributed by atoms with van der Waals surface area (Å²) in [5, 5.41) is 0. The van der Waals surface area contributed by atoms with Gasteiger partial charge in [0.05, 0.1) is 22.9 Å². The number of alkyl halides is 7. The summed E-state index contributed by atoms with van der Waals surface area (Å²) in [5.74, 6) is 0. The lowest BCUT2D eigenvalue weighted by Gasteiger charge is -2.29. The molecule has 0 aromatic carbocycles. The van der Waals surface area contributed by atoms with Gasteiger partial charge in [0, 0.05) is 0 Å². The lowest BCUT2D eigenvalue weighted by molar-refractivity contribution is -0.349. The second-order valence-electron chi connectivity index (χ2n) is 3.85. The number of aromatic nitrogens is 3. The van der Waals surface area contributed by atoms with Crippen molar-refractivity contribution in [2.24, 2.45) is 0 Å². The van der Waals surface area contributed by atoms with Crippen LogP contribution in [0.15, 0.2) is 17.1 Å². The van der Waals surface area contributed by atoms with Crippen LogP contribution >= 0.6 is 0 Å². The van der Waals surface area contributed by atoms with Crippen LogP contribution in [0.5, 0.6) is 0 Å². The Bertz CT molecular complexity index is 682. The minimum atomic E-state index is -6.25. The normalized spacial score (nSPS) is 13.9. The highest BCUT2D eigenvalue weighted by atomic mass is 19.4. The Morgan fingerprint density at radius 2 is 1.40 bits per heavy atom. The summed E-state index contributed by atoms with van der Waals surface area (Å²) in [4.78, 5) is 17.7. The number of nitrogens with zero attached hydrogens (tertiary/aromatic N) is 1. The molecule has 0 aliphatic rings. The first-order valence-electron chi connectivity index (χ1n) is 4.87. The summed E-state index contributed by atoms with van der Waals surface area (Å²) in [6.45, 7) is 0. The van der Waals surface area contributed by atoms with E-state index < -0.39 is 34.9 Å². The van der Waals surface area contributed by atoms with Gasteiger partial charge in [-0.2, -0.15) is 26.3 Å². The van der Waals surface area contributed by atoms with Crippen LogP contribution in [0, 0.1) is 0 Å². The Morgan fingerprint density at radius 1 is 0.900 bits per heavy atom. The van der Waals surface area contributed by atoms with Gasteiger partial charge >= 0.3 is 23.7 Å². The lowest BCUT2D eigenvalue weighted by atomic mass is 9.99. The number of nitrogens with one attached hydrogen (secondary N) is 2. The molecule has 2 rings (SSSR count). The van der Waals surface area contributed by atoms with Crippen molar-refractivity contribution in [1.29, 1.82) is 0 Å². The molecular weight excluding hydrogens is 299 g/mol. The molecule has 0 saturated heterocycles. The van der Waals surface area contributed by atoms with Gasteiger partial charge in [-0.15, -0.1) is 0 Å². The van der Waals surface area contributed by atoms with E-state index in [1.807, 2.05) is 4.98 Å². The standard InChI is InChI=1S/C9H4F7N3O/c10-7(8(11,12)13,9(14,15)16)5-1-3-4(2-17-5)19-6(20)18-3/h1-2H,(H2,18,19,20). The molecule has 0 atom stereocenters. The maximum atomic E-state index is 13.7. The number of hydrogen-bond donors (Lipinski definition) is 2. The molecule has 0 aliphatic carbocycles. The highest BCUT2D eigenvalue weighted by Gasteiger charge is 2.74. The largest absolute Gasteiger partial charge is 0.437 e. The van der Waals surface area contributed by atoms with Gasteiger partial charge < -0.3 is 9.97 Å². The summed E-state index contributed by atoms with van der Waals surface area (Å²) in [7, 11) is 0. The first-order chi connectivity index (χ1) is 8.97. The zero-order valence-corrected chi connectivity index (χ0v) is 9.16. The predicted octanol–water partition coefficient (Wildman–Crippen LogP) is 2.54. The van der Waals surface area contributed by atoms with E-state index in [9.17, 15) is 35.5 Å². The van der Waals surface area contributed by atoms with Crippen LogP contribution in [0.1, 0.15) is 5.69 Å². The van der Waals surface area contributed by atoms with Crippen LogP contribution in [-0.4, -0.2) is 27.3 Å². The van der Waals surface area contributed by atoms with Gasteiger partial charge in [-0.1, -0.05) is 0 Å². The van der Waals surface area contributed by atoms with Gasteiger partial charge in [-0.05, 0) is 6.07 Å². The van der Waals surface area contributed by atoms with E-state index in [-0.39, 0.29) is 11.6 Å². The fourth-order valence-corrected chi connectivity index (χ4v) is 1.57. The van der Waals surface area contributed by atoms with E-state index in [0.717, 1.165) is 0 Å². The zero-order valence-electron chi connectivity index (χ0n) is 9.16. The number of H-pyrrole nitrogens is 2. The van der Waals surface area contributed by atoms with Gasteiger partial charge in [0.2, 0.25) is 0 Å². The molecule has 0 fully saturated rings. The van der Waals surface area contributed by atoms with Crippen molar-refractivity contribution in [1.82, 2.24) is 15.0 Å².